The summed E-state index contributed by atoms with van der Waals surface area (Å²) in [5.74, 6) is 0.476. The number of fused-ring (bicyclic) bond motifs is 1. The van der Waals surface area contributed by atoms with Gasteiger partial charge in [0.25, 0.3) is 5.91 Å². The minimum absolute atomic E-state index is 0.383. The maximum absolute atomic E-state index is 13.1. The van der Waals surface area contributed by atoms with Crippen LogP contribution in [0.1, 0.15) is 25.8 Å². The Bertz CT molecular complexity index is 998. The zero-order valence-corrected chi connectivity index (χ0v) is 20.3. The van der Waals surface area contributed by atoms with Crippen LogP contribution in [0.25, 0.3) is 11.0 Å². The third kappa shape index (κ3) is 5.38. The van der Waals surface area contributed by atoms with E-state index in [0.717, 1.165) is 47.4 Å². The van der Waals surface area contributed by atoms with Crippen LogP contribution in [0.4, 0.5) is 5.82 Å². The molecule has 33 heavy (non-hydrogen) atoms. The van der Waals surface area contributed by atoms with Crippen LogP contribution >= 0.6 is 0 Å². The fourth-order valence-electron chi connectivity index (χ4n) is 4.28. The molecule has 1 amide bonds. The van der Waals surface area contributed by atoms with E-state index >= 15 is 0 Å². The quantitative estimate of drug-likeness (QED) is 0.548. The first kappa shape index (κ1) is 24.1. The molecule has 0 N–H and O–H groups in total. The predicted octanol–water partition coefficient (Wildman–Crippen LogP) is 1.54. The number of aryl methyl sites for hydroxylation is 1. The van der Waals surface area contributed by atoms with Crippen molar-refractivity contribution in [3.8, 4) is 0 Å². The molecule has 11 heteroatoms. The van der Waals surface area contributed by atoms with E-state index in [-0.39, 0.29) is 0 Å². The van der Waals surface area contributed by atoms with Crippen molar-refractivity contribution in [2.45, 2.75) is 27.2 Å². The maximum Gasteiger partial charge on any atom is 0.254 e. The standard InChI is InChI=1S/C22H33N5O5S/c1-17-4-5-19-18(16-17)20(23-32-19)25-10-8-24(9-11-25)7-6-22(2,3)21(28)27(33(29)30)26-12-14-31-15-13-26/h4-5,16H,6-15H2,1-3H3,(H,29,30)/p-1. The molecule has 0 spiro atoms. The van der Waals surface area contributed by atoms with Gasteiger partial charge in [0.05, 0.1) is 29.9 Å². The summed E-state index contributed by atoms with van der Waals surface area (Å²) in [5, 5.41) is 6.87. The fraction of sp³-hybridized carbons (Fsp3) is 0.636. The maximum atomic E-state index is 13.1. The fourth-order valence-corrected chi connectivity index (χ4v) is 5.01. The molecule has 1 atom stereocenters. The predicted molar refractivity (Wildman–Crippen MR) is 124 cm³/mol. The van der Waals surface area contributed by atoms with Gasteiger partial charge in [-0.1, -0.05) is 30.6 Å². The average molecular weight is 479 g/mol. The molecule has 4 rings (SSSR count). The SMILES string of the molecule is Cc1ccc2onc(N3CCN(CCC(C)(C)C(=O)N(N4CCOCC4)S(=O)[O-])CC3)c2c1. The molecular formula is C22H32N5O5S-. The van der Waals surface area contributed by atoms with Crippen LogP contribution in [0, 0.1) is 12.3 Å². The van der Waals surface area contributed by atoms with Crippen molar-refractivity contribution in [3.05, 3.63) is 23.8 Å². The molecule has 0 radical (unpaired) electrons. The second kappa shape index (κ2) is 10.1. The molecule has 1 unspecified atom stereocenters. The van der Waals surface area contributed by atoms with Gasteiger partial charge in [0.15, 0.2) is 11.4 Å². The summed E-state index contributed by atoms with van der Waals surface area (Å²) in [6, 6.07) is 6.06. The topological polar surface area (TPSA) is 105 Å². The van der Waals surface area contributed by atoms with Crippen LogP contribution < -0.4 is 4.90 Å². The second-order valence-electron chi connectivity index (χ2n) is 9.33. The number of amides is 1. The number of carbonyl (C=O) groups is 1. The van der Waals surface area contributed by atoms with E-state index in [1.807, 2.05) is 26.0 Å². The minimum atomic E-state index is -2.65. The number of aromatic nitrogens is 1. The van der Waals surface area contributed by atoms with E-state index in [2.05, 4.69) is 27.9 Å². The number of rotatable bonds is 7. The summed E-state index contributed by atoms with van der Waals surface area (Å²) >= 11 is -2.65. The van der Waals surface area contributed by atoms with Crippen LogP contribution in [0.15, 0.2) is 22.7 Å². The lowest BCUT2D eigenvalue weighted by Gasteiger charge is -2.42. The van der Waals surface area contributed by atoms with Crippen molar-refractivity contribution < 1.29 is 22.8 Å². The number of carbonyl (C=O) groups excluding carboxylic acids is 1. The summed E-state index contributed by atoms with van der Waals surface area (Å²) in [5.41, 5.74) is 1.15. The van der Waals surface area contributed by atoms with Gasteiger partial charge in [-0.15, -0.1) is 0 Å². The van der Waals surface area contributed by atoms with Gasteiger partial charge in [0.1, 0.15) is 0 Å². The van der Waals surface area contributed by atoms with E-state index in [0.29, 0.717) is 39.3 Å². The Hall–Kier alpha value is -2.05. The van der Waals surface area contributed by atoms with E-state index in [4.69, 9.17) is 9.26 Å². The number of hydrogen-bond acceptors (Lipinski definition) is 9. The summed E-state index contributed by atoms with van der Waals surface area (Å²) in [6.45, 7) is 11.3. The number of hydrazine groups is 1. The second-order valence-corrected chi connectivity index (χ2v) is 10.1. The molecule has 0 bridgehead atoms. The van der Waals surface area contributed by atoms with E-state index in [1.165, 1.54) is 5.56 Å². The third-order valence-electron chi connectivity index (χ3n) is 6.47. The van der Waals surface area contributed by atoms with Gasteiger partial charge in [0.2, 0.25) is 0 Å². The molecule has 0 saturated carbocycles. The van der Waals surface area contributed by atoms with Gasteiger partial charge in [-0.2, -0.15) is 4.41 Å². The summed E-state index contributed by atoms with van der Waals surface area (Å²) in [4.78, 5) is 17.7. The molecule has 2 aromatic rings. The molecule has 2 fully saturated rings. The smallest absolute Gasteiger partial charge is 0.254 e. The minimum Gasteiger partial charge on any atom is -0.754 e. The molecule has 2 aliphatic heterocycles. The molecule has 1 aromatic carbocycles. The van der Waals surface area contributed by atoms with Crippen molar-refractivity contribution >= 4 is 34.0 Å². The number of nitrogens with zero attached hydrogens (tertiary/aromatic N) is 5. The zero-order chi connectivity index (χ0) is 23.6. The number of morpholine rings is 1. The van der Waals surface area contributed by atoms with Crippen LogP contribution in [-0.2, 0) is 20.8 Å². The van der Waals surface area contributed by atoms with Crippen molar-refractivity contribution in [3.63, 3.8) is 0 Å². The monoisotopic (exact) mass is 478 g/mol. The summed E-state index contributed by atoms with van der Waals surface area (Å²) in [7, 11) is 0. The normalized spacial score (nSPS) is 19.7. The Labute approximate surface area is 196 Å². The van der Waals surface area contributed by atoms with E-state index in [1.54, 1.807) is 5.01 Å². The first-order valence-electron chi connectivity index (χ1n) is 11.4. The molecule has 1 aromatic heterocycles. The highest BCUT2D eigenvalue weighted by Crippen LogP contribution is 2.29. The summed E-state index contributed by atoms with van der Waals surface area (Å²) in [6.07, 6.45) is 0.565. The Morgan fingerprint density at radius 3 is 2.55 bits per heavy atom. The highest BCUT2D eigenvalue weighted by atomic mass is 32.2. The highest BCUT2D eigenvalue weighted by molar-refractivity contribution is 7.77. The van der Waals surface area contributed by atoms with Crippen LogP contribution in [0.2, 0.25) is 0 Å². The lowest BCUT2D eigenvalue weighted by atomic mass is 9.88. The van der Waals surface area contributed by atoms with Crippen molar-refractivity contribution in [2.75, 3.05) is 63.9 Å². The van der Waals surface area contributed by atoms with Gasteiger partial charge in [-0.3, -0.25) is 13.9 Å². The zero-order valence-electron chi connectivity index (χ0n) is 19.5. The van der Waals surface area contributed by atoms with Crippen LogP contribution in [0.5, 0.6) is 0 Å². The lowest BCUT2D eigenvalue weighted by molar-refractivity contribution is -0.152. The Balaban J connectivity index is 1.33. The van der Waals surface area contributed by atoms with Crippen LogP contribution in [-0.4, -0.2) is 93.2 Å². The lowest BCUT2D eigenvalue weighted by Crippen LogP contribution is -2.56. The molecule has 10 nitrogen and oxygen atoms in total. The van der Waals surface area contributed by atoms with Gasteiger partial charge in [-0.25, -0.2) is 5.01 Å². The number of anilines is 1. The molecular weight excluding hydrogens is 446 g/mol. The average Bonchev–Trinajstić information content (AvgIpc) is 3.21. The molecule has 3 heterocycles. The number of hydrogen-bond donors (Lipinski definition) is 0. The van der Waals surface area contributed by atoms with Crippen molar-refractivity contribution in [1.82, 2.24) is 19.5 Å². The number of piperazine rings is 1. The number of ether oxygens (including phenoxy) is 1. The molecule has 2 aliphatic rings. The van der Waals surface area contributed by atoms with Gasteiger partial charge in [0, 0.05) is 44.7 Å². The Morgan fingerprint density at radius 2 is 1.88 bits per heavy atom. The molecule has 2 saturated heterocycles. The molecule has 182 valence electrons. The third-order valence-corrected chi connectivity index (χ3v) is 7.15. The van der Waals surface area contributed by atoms with Gasteiger partial charge < -0.3 is 18.7 Å². The summed E-state index contributed by atoms with van der Waals surface area (Å²) < 4.78 is 35.4. The number of benzene rings is 1. The van der Waals surface area contributed by atoms with Crippen molar-refractivity contribution in [2.24, 2.45) is 5.41 Å². The molecule has 0 aliphatic carbocycles. The first-order chi connectivity index (χ1) is 15.8. The van der Waals surface area contributed by atoms with Crippen molar-refractivity contribution in [1.29, 1.82) is 0 Å². The van der Waals surface area contributed by atoms with Gasteiger partial charge >= 0.3 is 0 Å². The van der Waals surface area contributed by atoms with Gasteiger partial charge in [-0.05, 0) is 32.0 Å². The Kier molecular flexibility index (Phi) is 7.34. The highest BCUT2D eigenvalue weighted by Gasteiger charge is 2.37. The Morgan fingerprint density at radius 1 is 1.18 bits per heavy atom. The van der Waals surface area contributed by atoms with E-state index < -0.39 is 22.6 Å². The van der Waals surface area contributed by atoms with E-state index in [9.17, 15) is 13.6 Å². The van der Waals surface area contributed by atoms with Crippen LogP contribution in [0.3, 0.4) is 0 Å². The largest absolute Gasteiger partial charge is 0.754 e. The first-order valence-corrected chi connectivity index (χ1v) is 12.4.